The van der Waals surface area contributed by atoms with E-state index in [0.29, 0.717) is 22.5 Å². The lowest BCUT2D eigenvalue weighted by atomic mass is 10.1. The molecule has 2 aromatic carbocycles. The lowest BCUT2D eigenvalue weighted by Crippen LogP contribution is -2.44. The highest BCUT2D eigenvalue weighted by molar-refractivity contribution is 8.14. The monoisotopic (exact) mass is 529 g/mol. The second kappa shape index (κ2) is 11.5. The first-order valence-corrected chi connectivity index (χ1v) is 13.4. The molecule has 2 N–H and O–H groups in total. The lowest BCUT2D eigenvalue weighted by molar-refractivity contribution is -0.122. The number of anilines is 1. The van der Waals surface area contributed by atoms with E-state index in [1.807, 2.05) is 48.5 Å². The molecule has 38 heavy (non-hydrogen) atoms. The summed E-state index contributed by atoms with van der Waals surface area (Å²) in [6.07, 6.45) is 2.86. The molecule has 1 aromatic heterocycles. The minimum Gasteiger partial charge on any atom is -0.467 e. The average Bonchev–Trinajstić information content (AvgIpc) is 3.57. The fourth-order valence-electron chi connectivity index (χ4n) is 4.28. The molecule has 2 aliphatic rings. The summed E-state index contributed by atoms with van der Waals surface area (Å²) in [6.45, 7) is 2.36. The van der Waals surface area contributed by atoms with Crippen LogP contribution in [0.5, 0.6) is 0 Å². The number of furan rings is 1. The Kier molecular flexibility index (Phi) is 7.69. The molecule has 194 valence electrons. The molecule has 0 bridgehead atoms. The molecular formula is C28H27N5O4S. The van der Waals surface area contributed by atoms with Gasteiger partial charge in [-0.15, -0.1) is 0 Å². The number of carbonyl (C=O) groups excluding carboxylic acids is 3. The van der Waals surface area contributed by atoms with Crippen LogP contribution in [0.4, 0.5) is 11.4 Å². The van der Waals surface area contributed by atoms with Crippen molar-refractivity contribution in [2.75, 3.05) is 11.1 Å². The van der Waals surface area contributed by atoms with E-state index in [2.05, 4.69) is 22.5 Å². The summed E-state index contributed by atoms with van der Waals surface area (Å²) in [6, 6.07) is 18.0. The second-order valence-corrected chi connectivity index (χ2v) is 9.80. The molecule has 5 rings (SSSR count). The molecule has 0 saturated carbocycles. The standard InChI is InChI=1S/C28H27N5O4S/c1-2-18-9-11-19(12-10-18)30-25(35)17-38-28-31-22-8-4-3-7-21(22)26-32-27(36)23(33(26)28)13-14-24(34)29-16-20-6-5-15-37-20/h3-12,15,23H,2,13-14,16-17H2,1H3,(H,29,34)(H,30,35). The largest absolute Gasteiger partial charge is 0.467 e. The van der Waals surface area contributed by atoms with E-state index in [1.165, 1.54) is 17.3 Å². The summed E-state index contributed by atoms with van der Waals surface area (Å²) >= 11 is 1.24. The Hall–Kier alpha value is -4.18. The Bertz CT molecular complexity index is 1400. The second-order valence-electron chi connectivity index (χ2n) is 8.85. The molecule has 0 spiro atoms. The van der Waals surface area contributed by atoms with Crippen molar-refractivity contribution in [2.45, 2.75) is 38.8 Å². The van der Waals surface area contributed by atoms with Crippen molar-refractivity contribution >= 4 is 51.9 Å². The molecule has 2 aliphatic heterocycles. The third kappa shape index (κ3) is 5.70. The van der Waals surface area contributed by atoms with Crippen LogP contribution < -0.4 is 10.6 Å². The number of hydrogen-bond donors (Lipinski definition) is 2. The molecule has 3 heterocycles. The van der Waals surface area contributed by atoms with Crippen molar-refractivity contribution in [3.63, 3.8) is 0 Å². The number of nitrogens with zero attached hydrogens (tertiary/aromatic N) is 3. The van der Waals surface area contributed by atoms with Crippen molar-refractivity contribution in [2.24, 2.45) is 9.98 Å². The molecule has 3 aromatic rings. The van der Waals surface area contributed by atoms with Crippen molar-refractivity contribution in [3.05, 3.63) is 83.8 Å². The summed E-state index contributed by atoms with van der Waals surface area (Å²) < 4.78 is 5.24. The van der Waals surface area contributed by atoms with Crippen LogP contribution in [0.1, 0.15) is 36.7 Å². The van der Waals surface area contributed by atoms with Crippen LogP contribution >= 0.6 is 11.8 Å². The predicted octanol–water partition coefficient (Wildman–Crippen LogP) is 4.27. The quantitative estimate of drug-likeness (QED) is 0.428. The third-order valence-electron chi connectivity index (χ3n) is 6.27. The van der Waals surface area contributed by atoms with Gasteiger partial charge in [-0.25, -0.2) is 4.99 Å². The zero-order valence-electron chi connectivity index (χ0n) is 20.8. The van der Waals surface area contributed by atoms with E-state index in [1.54, 1.807) is 23.3 Å². The Morgan fingerprint density at radius 3 is 2.61 bits per heavy atom. The van der Waals surface area contributed by atoms with Gasteiger partial charge in [-0.2, -0.15) is 4.99 Å². The van der Waals surface area contributed by atoms with Gasteiger partial charge in [-0.05, 0) is 54.8 Å². The fourth-order valence-corrected chi connectivity index (χ4v) is 5.13. The zero-order chi connectivity index (χ0) is 26.5. The number of amidine groups is 2. The first kappa shape index (κ1) is 25.5. The van der Waals surface area contributed by atoms with Crippen LogP contribution in [0.3, 0.4) is 0 Å². The average molecular weight is 530 g/mol. The number of benzene rings is 2. The number of nitrogens with one attached hydrogen (secondary N) is 2. The first-order valence-electron chi connectivity index (χ1n) is 12.4. The molecule has 3 amide bonds. The molecule has 0 radical (unpaired) electrons. The maximum Gasteiger partial charge on any atom is 0.270 e. The van der Waals surface area contributed by atoms with Crippen molar-refractivity contribution in [1.29, 1.82) is 0 Å². The number of rotatable bonds is 9. The van der Waals surface area contributed by atoms with E-state index in [9.17, 15) is 14.4 Å². The molecule has 1 unspecified atom stereocenters. The number of hydrogen-bond acceptors (Lipinski definition) is 7. The fraction of sp³-hybridized carbons (Fsp3) is 0.250. The van der Waals surface area contributed by atoms with E-state index in [-0.39, 0.29) is 42.9 Å². The summed E-state index contributed by atoms with van der Waals surface area (Å²) in [5.74, 6) is 0.548. The highest BCUT2D eigenvalue weighted by Gasteiger charge is 2.41. The van der Waals surface area contributed by atoms with E-state index >= 15 is 0 Å². The van der Waals surface area contributed by atoms with Gasteiger partial charge in [0.05, 0.1) is 24.2 Å². The van der Waals surface area contributed by atoms with Crippen molar-refractivity contribution in [1.82, 2.24) is 10.2 Å². The molecule has 0 fully saturated rings. The van der Waals surface area contributed by atoms with Gasteiger partial charge in [0, 0.05) is 17.7 Å². The van der Waals surface area contributed by atoms with Crippen LogP contribution in [-0.2, 0) is 27.3 Å². The van der Waals surface area contributed by atoms with Crippen LogP contribution in [-0.4, -0.2) is 45.4 Å². The summed E-state index contributed by atoms with van der Waals surface area (Å²) in [4.78, 5) is 49.0. The number of aryl methyl sites for hydroxylation is 1. The number of fused-ring (bicyclic) bond motifs is 3. The van der Waals surface area contributed by atoms with Gasteiger partial charge < -0.3 is 15.1 Å². The minimum atomic E-state index is -0.677. The van der Waals surface area contributed by atoms with Crippen LogP contribution in [0.2, 0.25) is 0 Å². The summed E-state index contributed by atoms with van der Waals surface area (Å²) in [5, 5.41) is 6.22. The smallest absolute Gasteiger partial charge is 0.270 e. The van der Waals surface area contributed by atoms with Crippen LogP contribution in [0.25, 0.3) is 0 Å². The van der Waals surface area contributed by atoms with Crippen molar-refractivity contribution in [3.8, 4) is 0 Å². The summed E-state index contributed by atoms with van der Waals surface area (Å²) in [7, 11) is 0. The predicted molar refractivity (Wildman–Crippen MR) is 147 cm³/mol. The zero-order valence-corrected chi connectivity index (χ0v) is 21.7. The third-order valence-corrected chi connectivity index (χ3v) is 7.22. The van der Waals surface area contributed by atoms with E-state index in [4.69, 9.17) is 9.41 Å². The van der Waals surface area contributed by atoms with Gasteiger partial charge in [-0.1, -0.05) is 43.0 Å². The molecule has 0 saturated heterocycles. The topological polar surface area (TPSA) is 116 Å². The van der Waals surface area contributed by atoms with Gasteiger partial charge in [-0.3, -0.25) is 19.3 Å². The summed E-state index contributed by atoms with van der Waals surface area (Å²) in [5.41, 5.74) is 3.35. The highest BCUT2D eigenvalue weighted by Crippen LogP contribution is 2.35. The molecule has 9 nitrogen and oxygen atoms in total. The first-order chi connectivity index (χ1) is 18.5. The van der Waals surface area contributed by atoms with Gasteiger partial charge >= 0.3 is 0 Å². The SMILES string of the molecule is CCc1ccc(NC(=O)CSC2=Nc3ccccc3C3=NC(=O)C(CCC(=O)NCc4ccco4)N23)cc1. The molecule has 0 aliphatic carbocycles. The number of aliphatic imine (C=N–C) groups is 2. The number of carbonyl (C=O) groups is 3. The molecule has 10 heteroatoms. The Labute approximate surface area is 224 Å². The lowest BCUT2D eigenvalue weighted by Gasteiger charge is -2.31. The maximum atomic E-state index is 13.0. The molecular weight excluding hydrogens is 502 g/mol. The number of para-hydroxylation sites is 1. The Morgan fingerprint density at radius 1 is 1.03 bits per heavy atom. The number of thioether (sulfide) groups is 1. The Morgan fingerprint density at radius 2 is 1.84 bits per heavy atom. The Balaban J connectivity index is 1.27. The van der Waals surface area contributed by atoms with Gasteiger partial charge in [0.15, 0.2) is 5.17 Å². The van der Waals surface area contributed by atoms with Gasteiger partial charge in [0.25, 0.3) is 5.91 Å². The maximum absolute atomic E-state index is 13.0. The van der Waals surface area contributed by atoms with Gasteiger partial charge in [0.2, 0.25) is 11.8 Å². The van der Waals surface area contributed by atoms with E-state index < -0.39 is 6.04 Å². The minimum absolute atomic E-state index is 0.102. The normalized spacial score (nSPS) is 15.9. The molecule has 1 atom stereocenters. The van der Waals surface area contributed by atoms with Crippen LogP contribution in [0.15, 0.2) is 81.3 Å². The highest BCUT2D eigenvalue weighted by atomic mass is 32.2. The van der Waals surface area contributed by atoms with Gasteiger partial charge in [0.1, 0.15) is 17.6 Å². The van der Waals surface area contributed by atoms with Crippen LogP contribution in [0, 0.1) is 0 Å². The van der Waals surface area contributed by atoms with Crippen molar-refractivity contribution < 1.29 is 18.8 Å². The van der Waals surface area contributed by atoms with E-state index in [0.717, 1.165) is 17.7 Å². The number of amides is 3.